The monoisotopic (exact) mass is 505 g/mol. The third-order valence-corrected chi connectivity index (χ3v) is 6.54. The Morgan fingerprint density at radius 3 is 2.67 bits per heavy atom. The lowest BCUT2D eigenvalue weighted by Gasteiger charge is -2.28. The highest BCUT2D eigenvalue weighted by molar-refractivity contribution is 7.18. The lowest BCUT2D eigenvalue weighted by molar-refractivity contribution is 0.262. The normalized spacial score (nSPS) is 13.4. The number of aromatic nitrogens is 4. The second-order valence-electron chi connectivity index (χ2n) is 8.24. The Morgan fingerprint density at radius 2 is 1.92 bits per heavy atom. The number of aryl methyl sites for hydroxylation is 2. The Hall–Kier alpha value is -4.03. The fourth-order valence-electron chi connectivity index (χ4n) is 3.78. The van der Waals surface area contributed by atoms with E-state index in [4.69, 9.17) is 4.52 Å². The minimum atomic E-state index is -0.386. The molecule has 4 N–H and O–H groups in total. The van der Waals surface area contributed by atoms with Crippen molar-refractivity contribution in [2.75, 3.05) is 47.0 Å². The van der Waals surface area contributed by atoms with Crippen LogP contribution in [-0.2, 0) is 6.42 Å². The number of benzene rings is 1. The number of anilines is 5. The zero-order valence-electron chi connectivity index (χ0n) is 20.0. The van der Waals surface area contributed by atoms with Crippen molar-refractivity contribution in [3.05, 3.63) is 54.2 Å². The van der Waals surface area contributed by atoms with E-state index in [2.05, 4.69) is 46.3 Å². The first-order valence-electron chi connectivity index (χ1n) is 11.7. The molecule has 2 amide bonds. The lowest BCUT2D eigenvalue weighted by Crippen LogP contribution is -2.44. The Kier molecular flexibility index (Phi) is 7.05. The molecule has 4 aromatic rings. The Balaban J connectivity index is 1.21. The van der Waals surface area contributed by atoms with E-state index in [0.717, 1.165) is 53.4 Å². The van der Waals surface area contributed by atoms with Gasteiger partial charge in [-0.15, -0.1) is 0 Å². The van der Waals surface area contributed by atoms with E-state index in [1.54, 1.807) is 6.07 Å². The smallest absolute Gasteiger partial charge is 0.324 e. The highest BCUT2D eigenvalue weighted by atomic mass is 32.1. The maximum absolute atomic E-state index is 12.2. The molecule has 4 heterocycles. The van der Waals surface area contributed by atoms with E-state index >= 15 is 0 Å². The van der Waals surface area contributed by atoms with Crippen LogP contribution in [-0.4, -0.2) is 52.3 Å². The predicted molar refractivity (Wildman–Crippen MR) is 141 cm³/mol. The van der Waals surface area contributed by atoms with Gasteiger partial charge < -0.3 is 25.4 Å². The van der Waals surface area contributed by atoms with Crippen LogP contribution in [0.5, 0.6) is 0 Å². The molecule has 0 aliphatic carbocycles. The van der Waals surface area contributed by atoms with Crippen molar-refractivity contribution in [2.45, 2.75) is 20.3 Å². The highest BCUT2D eigenvalue weighted by Crippen LogP contribution is 2.31. The van der Waals surface area contributed by atoms with Crippen LogP contribution in [0.2, 0.25) is 0 Å². The molecule has 0 saturated carbocycles. The maximum atomic E-state index is 12.2. The van der Waals surface area contributed by atoms with Crippen LogP contribution in [0.3, 0.4) is 0 Å². The number of rotatable bonds is 7. The second kappa shape index (κ2) is 10.7. The van der Waals surface area contributed by atoms with Crippen molar-refractivity contribution in [3.63, 3.8) is 0 Å². The molecule has 1 aliphatic rings. The number of thiazole rings is 1. The van der Waals surface area contributed by atoms with Crippen LogP contribution in [0, 0.1) is 6.92 Å². The minimum absolute atomic E-state index is 0.379. The molecular formula is C24H27N9O2S. The first-order valence-corrected chi connectivity index (χ1v) is 12.6. The van der Waals surface area contributed by atoms with Gasteiger partial charge in [0.1, 0.15) is 23.2 Å². The minimum Gasteiger partial charge on any atom is -0.359 e. The van der Waals surface area contributed by atoms with E-state index in [9.17, 15) is 4.79 Å². The topological polar surface area (TPSA) is 133 Å². The molecule has 1 saturated heterocycles. The predicted octanol–water partition coefficient (Wildman–Crippen LogP) is 4.26. The van der Waals surface area contributed by atoms with Gasteiger partial charge in [0.2, 0.25) is 0 Å². The summed E-state index contributed by atoms with van der Waals surface area (Å²) in [4.78, 5) is 29.1. The van der Waals surface area contributed by atoms with Gasteiger partial charge in [-0.25, -0.2) is 19.7 Å². The zero-order valence-corrected chi connectivity index (χ0v) is 20.9. The summed E-state index contributed by atoms with van der Waals surface area (Å²) < 4.78 is 5.09. The van der Waals surface area contributed by atoms with E-state index in [-0.39, 0.29) is 6.03 Å². The summed E-state index contributed by atoms with van der Waals surface area (Å²) in [7, 11) is 0. The van der Waals surface area contributed by atoms with Gasteiger partial charge in [-0.1, -0.05) is 35.5 Å². The molecule has 0 atom stereocenters. The van der Waals surface area contributed by atoms with E-state index in [1.165, 1.54) is 11.3 Å². The molecule has 36 heavy (non-hydrogen) atoms. The quantitative estimate of drug-likeness (QED) is 0.291. The van der Waals surface area contributed by atoms with Gasteiger partial charge in [0.15, 0.2) is 10.9 Å². The number of piperazine rings is 1. The van der Waals surface area contributed by atoms with Crippen LogP contribution >= 0.6 is 11.3 Å². The van der Waals surface area contributed by atoms with Gasteiger partial charge in [0.05, 0.1) is 4.88 Å². The number of nitrogens with zero attached hydrogens (tertiary/aromatic N) is 5. The summed E-state index contributed by atoms with van der Waals surface area (Å²) in [6.45, 7) is 7.58. The Morgan fingerprint density at radius 1 is 1.11 bits per heavy atom. The van der Waals surface area contributed by atoms with E-state index in [1.807, 2.05) is 50.4 Å². The van der Waals surface area contributed by atoms with Crippen LogP contribution in [0.15, 0.2) is 47.1 Å². The number of nitrogens with one attached hydrogen (secondary N) is 4. The van der Waals surface area contributed by atoms with Crippen molar-refractivity contribution in [2.24, 2.45) is 0 Å². The van der Waals surface area contributed by atoms with E-state index in [0.29, 0.717) is 29.5 Å². The Bertz CT molecular complexity index is 1330. The summed E-state index contributed by atoms with van der Waals surface area (Å²) in [5.74, 6) is 3.45. The number of carbonyl (C=O) groups excluding carboxylic acids is 1. The number of carbonyl (C=O) groups is 1. The molecule has 3 aromatic heterocycles. The first-order chi connectivity index (χ1) is 17.6. The third-order valence-electron chi connectivity index (χ3n) is 5.58. The number of hydrogen-bond acceptors (Lipinski definition) is 10. The fourth-order valence-corrected chi connectivity index (χ4v) is 4.61. The van der Waals surface area contributed by atoms with Crippen LogP contribution in [0.1, 0.15) is 18.5 Å². The van der Waals surface area contributed by atoms with Crippen LogP contribution < -0.4 is 26.2 Å². The lowest BCUT2D eigenvalue weighted by atomic mass is 10.2. The van der Waals surface area contributed by atoms with Gasteiger partial charge in [0, 0.05) is 56.6 Å². The highest BCUT2D eigenvalue weighted by Gasteiger charge is 2.14. The van der Waals surface area contributed by atoms with Gasteiger partial charge in [-0.3, -0.25) is 5.32 Å². The summed E-state index contributed by atoms with van der Waals surface area (Å²) in [5, 5.41) is 16.7. The average Bonchev–Trinajstić information content (AvgIpc) is 3.54. The molecule has 0 bridgehead atoms. The zero-order chi connectivity index (χ0) is 24.9. The summed E-state index contributed by atoms with van der Waals surface area (Å²) in [5.41, 5.74) is 1.66. The molecule has 0 radical (unpaired) electrons. The first kappa shape index (κ1) is 23.7. The van der Waals surface area contributed by atoms with Crippen molar-refractivity contribution in [3.8, 4) is 10.4 Å². The fraction of sp³-hybridized carbons (Fsp3) is 0.292. The number of hydrogen-bond donors (Lipinski definition) is 4. The molecule has 186 valence electrons. The second-order valence-corrected chi connectivity index (χ2v) is 9.27. The van der Waals surface area contributed by atoms with Crippen LogP contribution in [0.25, 0.3) is 10.4 Å². The van der Waals surface area contributed by atoms with Crippen molar-refractivity contribution in [1.29, 1.82) is 0 Å². The van der Waals surface area contributed by atoms with Crippen molar-refractivity contribution in [1.82, 2.24) is 25.4 Å². The van der Waals surface area contributed by atoms with Crippen molar-refractivity contribution >= 4 is 45.6 Å². The third kappa shape index (κ3) is 5.78. The number of amides is 2. The molecule has 0 spiro atoms. The average molecular weight is 506 g/mol. The van der Waals surface area contributed by atoms with E-state index < -0.39 is 0 Å². The summed E-state index contributed by atoms with van der Waals surface area (Å²) in [6, 6.07) is 10.8. The van der Waals surface area contributed by atoms with Gasteiger partial charge in [-0.2, -0.15) is 0 Å². The SMILES string of the molecule is CCc1cc(NC(=O)Nc2ccc(-c3cnc(Nc4cc(N5CCNCC5)nc(C)n4)s3)cc2)no1. The summed E-state index contributed by atoms with van der Waals surface area (Å²) in [6.07, 6.45) is 2.53. The molecule has 12 heteroatoms. The largest absolute Gasteiger partial charge is 0.359 e. The molecule has 5 rings (SSSR count). The Labute approximate surface area is 212 Å². The molecule has 1 fully saturated rings. The molecule has 1 aliphatic heterocycles. The molecular weight excluding hydrogens is 478 g/mol. The number of urea groups is 1. The molecule has 11 nitrogen and oxygen atoms in total. The molecule has 1 aromatic carbocycles. The maximum Gasteiger partial charge on any atom is 0.324 e. The summed E-state index contributed by atoms with van der Waals surface area (Å²) >= 11 is 1.53. The van der Waals surface area contributed by atoms with Crippen molar-refractivity contribution < 1.29 is 9.32 Å². The van der Waals surface area contributed by atoms with Gasteiger partial charge in [0.25, 0.3) is 0 Å². The van der Waals surface area contributed by atoms with Gasteiger partial charge >= 0.3 is 6.03 Å². The van der Waals surface area contributed by atoms with Crippen LogP contribution in [0.4, 0.5) is 33.1 Å². The standard InChI is InChI=1S/C24H27N9O2S/c1-3-18-12-21(32-35-18)30-23(34)29-17-6-4-16(5-7-17)19-14-26-24(36-19)31-20-13-22(28-15(2)27-20)33-10-8-25-9-11-33/h4-7,12-14,25H,3,8-11H2,1-2H3,(H,26,27,28,31)(H2,29,30,32,34). The van der Waals surface area contributed by atoms with Gasteiger partial charge in [-0.05, 0) is 24.6 Å². The molecule has 0 unspecified atom stereocenters.